The molecule has 1 fully saturated rings. The normalized spacial score (nSPS) is 15.9. The highest BCUT2D eigenvalue weighted by molar-refractivity contribution is 5.96. The minimum absolute atomic E-state index is 0.0405. The number of para-hydroxylation sites is 1. The van der Waals surface area contributed by atoms with Gasteiger partial charge in [0.05, 0.1) is 0 Å². The molecule has 1 heterocycles. The number of hydrogen-bond donors (Lipinski definition) is 1. The Morgan fingerprint density at radius 1 is 0.963 bits per heavy atom. The first-order valence-corrected chi connectivity index (χ1v) is 9.33. The van der Waals surface area contributed by atoms with Gasteiger partial charge in [0.25, 0.3) is 5.91 Å². The minimum atomic E-state index is -0.687. The average molecular weight is 365 g/mol. The standard InChI is InChI=1S/C22H27N3O2/c1-17-9-7-8-12-19(17)20(26)25-15-13-22(14-16-25,21(27)24(2)3)23-18-10-5-4-6-11-18/h4-12,23H,13-16H2,1-3H3. The molecule has 0 unspecified atom stereocenters. The third-order valence-corrected chi connectivity index (χ3v) is 5.25. The summed E-state index contributed by atoms with van der Waals surface area (Å²) in [4.78, 5) is 29.4. The molecule has 142 valence electrons. The predicted octanol–water partition coefficient (Wildman–Crippen LogP) is 3.17. The van der Waals surface area contributed by atoms with Gasteiger partial charge in [-0.3, -0.25) is 9.59 Å². The lowest BCUT2D eigenvalue weighted by Crippen LogP contribution is -2.58. The van der Waals surface area contributed by atoms with Gasteiger partial charge in [-0.2, -0.15) is 0 Å². The van der Waals surface area contributed by atoms with Crippen LogP contribution >= 0.6 is 0 Å². The first-order chi connectivity index (χ1) is 12.9. The number of nitrogens with zero attached hydrogens (tertiary/aromatic N) is 2. The van der Waals surface area contributed by atoms with E-state index < -0.39 is 5.54 Å². The molecule has 5 nitrogen and oxygen atoms in total. The zero-order chi connectivity index (χ0) is 19.4. The SMILES string of the molecule is Cc1ccccc1C(=O)N1CCC(Nc2ccccc2)(C(=O)N(C)C)CC1. The third kappa shape index (κ3) is 3.97. The number of likely N-dealkylation sites (tertiary alicyclic amines) is 1. The molecule has 2 amide bonds. The lowest BCUT2D eigenvalue weighted by Gasteiger charge is -2.43. The molecular formula is C22H27N3O2. The number of amides is 2. The van der Waals surface area contributed by atoms with Crippen LogP contribution in [0.1, 0.15) is 28.8 Å². The van der Waals surface area contributed by atoms with Gasteiger partial charge in [-0.05, 0) is 43.5 Å². The fraction of sp³-hybridized carbons (Fsp3) is 0.364. The van der Waals surface area contributed by atoms with E-state index in [1.807, 2.05) is 66.4 Å². The van der Waals surface area contributed by atoms with Gasteiger partial charge in [0, 0.05) is 38.4 Å². The number of rotatable bonds is 4. The van der Waals surface area contributed by atoms with E-state index in [9.17, 15) is 9.59 Å². The number of anilines is 1. The summed E-state index contributed by atoms with van der Waals surface area (Å²) >= 11 is 0. The molecule has 27 heavy (non-hydrogen) atoms. The molecule has 1 aliphatic heterocycles. The maximum absolute atomic E-state index is 13.0. The van der Waals surface area contributed by atoms with Crippen molar-refractivity contribution in [1.82, 2.24) is 9.80 Å². The van der Waals surface area contributed by atoms with Crippen LogP contribution in [0.4, 0.5) is 5.69 Å². The van der Waals surface area contributed by atoms with E-state index in [1.165, 1.54) is 0 Å². The average Bonchev–Trinajstić information content (AvgIpc) is 2.68. The highest BCUT2D eigenvalue weighted by Gasteiger charge is 2.43. The second kappa shape index (κ2) is 7.82. The lowest BCUT2D eigenvalue weighted by atomic mass is 9.85. The molecule has 0 saturated carbocycles. The van der Waals surface area contributed by atoms with E-state index in [0.717, 1.165) is 16.8 Å². The van der Waals surface area contributed by atoms with E-state index in [2.05, 4.69) is 5.32 Å². The monoisotopic (exact) mass is 365 g/mol. The molecule has 0 atom stereocenters. The van der Waals surface area contributed by atoms with Gasteiger partial charge in [-0.1, -0.05) is 36.4 Å². The number of likely N-dealkylation sites (N-methyl/N-ethyl adjacent to an activating group) is 1. The molecular weight excluding hydrogens is 338 g/mol. The van der Waals surface area contributed by atoms with E-state index in [4.69, 9.17) is 0 Å². The Kier molecular flexibility index (Phi) is 5.49. The Morgan fingerprint density at radius 3 is 2.15 bits per heavy atom. The Bertz CT molecular complexity index is 809. The number of aryl methyl sites for hydroxylation is 1. The van der Waals surface area contributed by atoms with Gasteiger partial charge in [0.15, 0.2) is 0 Å². The second-order valence-corrected chi connectivity index (χ2v) is 7.38. The van der Waals surface area contributed by atoms with Crippen LogP contribution in [0.5, 0.6) is 0 Å². The molecule has 5 heteroatoms. The molecule has 0 aromatic heterocycles. The fourth-order valence-electron chi connectivity index (χ4n) is 3.69. The summed E-state index contributed by atoms with van der Waals surface area (Å²) in [6.07, 6.45) is 1.16. The van der Waals surface area contributed by atoms with Crippen molar-refractivity contribution in [2.45, 2.75) is 25.3 Å². The van der Waals surface area contributed by atoms with Gasteiger partial charge in [0.2, 0.25) is 5.91 Å². The molecule has 0 bridgehead atoms. The third-order valence-electron chi connectivity index (χ3n) is 5.25. The van der Waals surface area contributed by atoms with E-state index in [1.54, 1.807) is 19.0 Å². The largest absolute Gasteiger partial charge is 0.371 e. The summed E-state index contributed by atoms with van der Waals surface area (Å²) in [5, 5.41) is 3.46. The maximum atomic E-state index is 13.0. The van der Waals surface area contributed by atoms with Gasteiger partial charge in [-0.15, -0.1) is 0 Å². The topological polar surface area (TPSA) is 52.7 Å². The molecule has 1 N–H and O–H groups in total. The molecule has 0 aliphatic carbocycles. The van der Waals surface area contributed by atoms with Crippen molar-refractivity contribution in [3.63, 3.8) is 0 Å². The zero-order valence-corrected chi connectivity index (χ0v) is 16.2. The van der Waals surface area contributed by atoms with Crippen LogP contribution < -0.4 is 5.32 Å². The number of benzene rings is 2. The van der Waals surface area contributed by atoms with Crippen molar-refractivity contribution in [3.8, 4) is 0 Å². The van der Waals surface area contributed by atoms with Crippen LogP contribution in [-0.4, -0.2) is 54.3 Å². The van der Waals surface area contributed by atoms with Crippen molar-refractivity contribution in [2.75, 3.05) is 32.5 Å². The van der Waals surface area contributed by atoms with Crippen LogP contribution in [0.3, 0.4) is 0 Å². The number of piperidine rings is 1. The van der Waals surface area contributed by atoms with Crippen molar-refractivity contribution in [3.05, 3.63) is 65.7 Å². The summed E-state index contributed by atoms with van der Waals surface area (Å²) in [6.45, 7) is 3.05. The van der Waals surface area contributed by atoms with Gasteiger partial charge < -0.3 is 15.1 Å². The minimum Gasteiger partial charge on any atom is -0.371 e. The Labute approximate surface area is 161 Å². The summed E-state index contributed by atoms with van der Waals surface area (Å²) in [7, 11) is 3.56. The molecule has 2 aromatic carbocycles. The van der Waals surface area contributed by atoms with Crippen LogP contribution in [0, 0.1) is 6.92 Å². The lowest BCUT2D eigenvalue weighted by molar-refractivity contribution is -0.135. The summed E-state index contributed by atoms with van der Waals surface area (Å²) in [5.41, 5.74) is 1.95. The Morgan fingerprint density at radius 2 is 1.56 bits per heavy atom. The highest BCUT2D eigenvalue weighted by Crippen LogP contribution is 2.30. The van der Waals surface area contributed by atoms with Crippen molar-refractivity contribution in [1.29, 1.82) is 0 Å². The molecule has 0 spiro atoms. The van der Waals surface area contributed by atoms with Crippen molar-refractivity contribution in [2.24, 2.45) is 0 Å². The smallest absolute Gasteiger partial charge is 0.254 e. The molecule has 3 rings (SSSR count). The van der Waals surface area contributed by atoms with Crippen molar-refractivity contribution < 1.29 is 9.59 Å². The van der Waals surface area contributed by atoms with Gasteiger partial charge in [0.1, 0.15) is 5.54 Å². The summed E-state index contributed by atoms with van der Waals surface area (Å²) in [6, 6.07) is 17.4. The van der Waals surface area contributed by atoms with E-state index in [0.29, 0.717) is 25.9 Å². The first-order valence-electron chi connectivity index (χ1n) is 9.33. The summed E-state index contributed by atoms with van der Waals surface area (Å²) in [5.74, 6) is 0.0908. The molecule has 1 saturated heterocycles. The fourth-order valence-corrected chi connectivity index (χ4v) is 3.69. The molecule has 1 aliphatic rings. The van der Waals surface area contributed by atoms with Crippen LogP contribution in [0.15, 0.2) is 54.6 Å². The Balaban J connectivity index is 1.78. The highest BCUT2D eigenvalue weighted by atomic mass is 16.2. The van der Waals surface area contributed by atoms with Crippen LogP contribution in [0.2, 0.25) is 0 Å². The summed E-state index contributed by atoms with van der Waals surface area (Å²) < 4.78 is 0. The first kappa shape index (κ1) is 19.0. The molecule has 0 radical (unpaired) electrons. The second-order valence-electron chi connectivity index (χ2n) is 7.38. The Hall–Kier alpha value is -2.82. The van der Waals surface area contributed by atoms with E-state index in [-0.39, 0.29) is 11.8 Å². The predicted molar refractivity (Wildman–Crippen MR) is 108 cm³/mol. The molecule has 2 aromatic rings. The van der Waals surface area contributed by atoms with E-state index >= 15 is 0 Å². The zero-order valence-electron chi connectivity index (χ0n) is 16.2. The number of nitrogens with one attached hydrogen (secondary N) is 1. The number of carbonyl (C=O) groups is 2. The number of carbonyl (C=O) groups excluding carboxylic acids is 2. The quantitative estimate of drug-likeness (QED) is 0.905. The van der Waals surface area contributed by atoms with Crippen LogP contribution in [-0.2, 0) is 4.79 Å². The van der Waals surface area contributed by atoms with Gasteiger partial charge in [-0.25, -0.2) is 0 Å². The maximum Gasteiger partial charge on any atom is 0.254 e. The van der Waals surface area contributed by atoms with Crippen molar-refractivity contribution >= 4 is 17.5 Å². The van der Waals surface area contributed by atoms with Crippen LogP contribution in [0.25, 0.3) is 0 Å². The van der Waals surface area contributed by atoms with Gasteiger partial charge >= 0.3 is 0 Å². The number of hydrogen-bond acceptors (Lipinski definition) is 3.